The summed E-state index contributed by atoms with van der Waals surface area (Å²) >= 11 is 0. The molecule has 0 fully saturated rings. The molecule has 0 aromatic heterocycles. The molecule has 0 aromatic rings. The fraction of sp³-hybridized carbons (Fsp3) is 0.929. The molecule has 0 aliphatic heterocycles. The number of hydrogen-bond donors (Lipinski definition) is 3. The minimum atomic E-state index is -0.763. The van der Waals surface area contributed by atoms with E-state index in [0.717, 1.165) is 11.5 Å². The van der Waals surface area contributed by atoms with Gasteiger partial charge in [-0.2, -0.15) is 0 Å². The molecule has 0 aliphatic carbocycles. The van der Waals surface area contributed by atoms with Gasteiger partial charge >= 0.3 is 11.9 Å². The molecule has 0 saturated heterocycles. The Balaban J connectivity index is 0. The van der Waals surface area contributed by atoms with Crippen molar-refractivity contribution >= 4 is 33.5 Å². The molecule has 210 valence electrons. The number of hydrogen-bond acceptors (Lipinski definition) is 5. The topological polar surface area (TPSA) is 94.8 Å². The van der Waals surface area contributed by atoms with E-state index >= 15 is 0 Å². The van der Waals surface area contributed by atoms with E-state index in [1.54, 1.807) is 21.6 Å². The quantitative estimate of drug-likeness (QED) is 0.0750. The van der Waals surface area contributed by atoms with Crippen LogP contribution in [0.2, 0.25) is 0 Å². The normalized spacial score (nSPS) is 11.6. The molecule has 5 nitrogen and oxygen atoms in total. The predicted octanol–water partition coefficient (Wildman–Crippen LogP) is 8.97. The fourth-order valence-corrected chi connectivity index (χ4v) is 5.96. The van der Waals surface area contributed by atoms with Gasteiger partial charge in [0.05, 0.1) is 0 Å². The molecular weight excluding hydrogens is 480 g/mol. The second-order valence-electron chi connectivity index (χ2n) is 9.51. The maximum absolute atomic E-state index is 10.1. The van der Waals surface area contributed by atoms with E-state index in [2.05, 4.69) is 13.8 Å². The van der Waals surface area contributed by atoms with Gasteiger partial charge in [0.1, 0.15) is 0 Å². The lowest BCUT2D eigenvalue weighted by Crippen LogP contribution is -2.06. The highest BCUT2D eigenvalue weighted by Crippen LogP contribution is 2.23. The Morgan fingerprint density at radius 3 is 1.23 bits per heavy atom. The van der Waals surface area contributed by atoms with Gasteiger partial charge in [0.2, 0.25) is 0 Å². The summed E-state index contributed by atoms with van der Waals surface area (Å²) in [5.41, 5.74) is 0. The van der Waals surface area contributed by atoms with Crippen LogP contribution in [0.5, 0.6) is 0 Å². The average Bonchev–Trinajstić information content (AvgIpc) is 2.83. The van der Waals surface area contributed by atoms with Crippen molar-refractivity contribution in [3.8, 4) is 0 Å². The smallest absolute Gasteiger partial charge is 0.303 e. The van der Waals surface area contributed by atoms with Crippen molar-refractivity contribution in [2.24, 2.45) is 5.92 Å². The van der Waals surface area contributed by atoms with Gasteiger partial charge < -0.3 is 15.3 Å². The number of carbonyl (C=O) groups is 2. The Bertz CT molecular complexity index is 429. The van der Waals surface area contributed by atoms with Crippen molar-refractivity contribution in [2.75, 3.05) is 18.1 Å². The molecule has 0 heterocycles. The number of rotatable bonds is 26. The van der Waals surface area contributed by atoms with Gasteiger partial charge in [-0.1, -0.05) is 125 Å². The van der Waals surface area contributed by atoms with Gasteiger partial charge in [0, 0.05) is 31.0 Å². The Kier molecular flexibility index (Phi) is 33.2. The van der Waals surface area contributed by atoms with Crippen LogP contribution in [0.15, 0.2) is 0 Å². The SMILES string of the molecule is CCCCCCCCCCC(CO)CCCCCCCC.O=C(O)CCCSSCCCC(=O)O. The molecule has 0 aromatic carbocycles. The van der Waals surface area contributed by atoms with E-state index in [1.165, 1.54) is 103 Å². The summed E-state index contributed by atoms with van der Waals surface area (Å²) in [6.45, 7) is 4.95. The molecule has 1 atom stereocenters. The van der Waals surface area contributed by atoms with Crippen molar-refractivity contribution in [3.05, 3.63) is 0 Å². The first-order chi connectivity index (χ1) is 17.0. The zero-order chi connectivity index (χ0) is 26.4. The number of aliphatic hydroxyl groups excluding tert-OH is 1. The molecule has 0 aliphatic rings. The first kappa shape index (κ1) is 36.8. The van der Waals surface area contributed by atoms with Crippen LogP contribution >= 0.6 is 21.6 Å². The Morgan fingerprint density at radius 1 is 0.571 bits per heavy atom. The Labute approximate surface area is 224 Å². The summed E-state index contributed by atoms with van der Waals surface area (Å²) in [5, 5.41) is 26.1. The fourth-order valence-electron chi connectivity index (χ4n) is 3.79. The molecule has 0 saturated carbocycles. The molecule has 0 rings (SSSR count). The van der Waals surface area contributed by atoms with Gasteiger partial charge in [-0.05, 0) is 31.6 Å². The van der Waals surface area contributed by atoms with Crippen LogP contribution < -0.4 is 0 Å². The summed E-state index contributed by atoms with van der Waals surface area (Å²) in [6, 6.07) is 0. The van der Waals surface area contributed by atoms with Crippen molar-refractivity contribution in [1.29, 1.82) is 0 Å². The number of carboxylic acids is 2. The lowest BCUT2D eigenvalue weighted by Gasteiger charge is -2.13. The first-order valence-electron chi connectivity index (χ1n) is 14.3. The van der Waals surface area contributed by atoms with E-state index in [9.17, 15) is 14.7 Å². The third-order valence-corrected chi connectivity index (χ3v) is 8.59. The van der Waals surface area contributed by atoms with E-state index in [0.29, 0.717) is 25.4 Å². The third kappa shape index (κ3) is 35.8. The van der Waals surface area contributed by atoms with Crippen LogP contribution in [-0.2, 0) is 9.59 Å². The van der Waals surface area contributed by atoms with Crippen molar-refractivity contribution in [2.45, 2.75) is 142 Å². The van der Waals surface area contributed by atoms with Gasteiger partial charge in [0.25, 0.3) is 0 Å². The first-order valence-corrected chi connectivity index (χ1v) is 16.7. The average molecular weight is 537 g/mol. The number of aliphatic hydroxyl groups is 1. The van der Waals surface area contributed by atoms with E-state index in [4.69, 9.17) is 10.2 Å². The minimum Gasteiger partial charge on any atom is -0.481 e. The number of carboxylic acid groups (broad SMARTS) is 2. The zero-order valence-corrected chi connectivity index (χ0v) is 24.4. The second-order valence-corrected chi connectivity index (χ2v) is 12.2. The molecule has 1 unspecified atom stereocenters. The molecular formula is C28H56O5S2. The van der Waals surface area contributed by atoms with Crippen LogP contribution in [0.3, 0.4) is 0 Å². The van der Waals surface area contributed by atoms with E-state index in [1.807, 2.05) is 0 Å². The van der Waals surface area contributed by atoms with Gasteiger partial charge in [-0.3, -0.25) is 9.59 Å². The summed E-state index contributed by atoms with van der Waals surface area (Å²) < 4.78 is 0. The highest BCUT2D eigenvalue weighted by atomic mass is 33.1. The monoisotopic (exact) mass is 536 g/mol. The summed E-state index contributed by atoms with van der Waals surface area (Å²) in [6.07, 6.45) is 23.6. The Morgan fingerprint density at radius 2 is 0.914 bits per heavy atom. The second kappa shape index (κ2) is 31.6. The number of unbranched alkanes of at least 4 members (excludes halogenated alkanes) is 12. The lowest BCUT2D eigenvalue weighted by atomic mass is 9.95. The Hall–Kier alpha value is -0.400. The van der Waals surface area contributed by atoms with Gasteiger partial charge in [0.15, 0.2) is 0 Å². The zero-order valence-electron chi connectivity index (χ0n) is 22.8. The van der Waals surface area contributed by atoms with Crippen LogP contribution in [-0.4, -0.2) is 45.4 Å². The van der Waals surface area contributed by atoms with Crippen LogP contribution in [0.25, 0.3) is 0 Å². The van der Waals surface area contributed by atoms with Crippen LogP contribution in [0.1, 0.15) is 142 Å². The molecule has 0 amide bonds. The van der Waals surface area contributed by atoms with Gasteiger partial charge in [-0.15, -0.1) is 0 Å². The molecule has 3 N–H and O–H groups in total. The molecule has 0 spiro atoms. The molecule has 0 bridgehead atoms. The van der Waals surface area contributed by atoms with Crippen LogP contribution in [0, 0.1) is 5.92 Å². The van der Waals surface area contributed by atoms with Gasteiger partial charge in [-0.25, -0.2) is 0 Å². The predicted molar refractivity (Wildman–Crippen MR) is 154 cm³/mol. The molecule has 0 radical (unpaired) electrons. The highest BCUT2D eigenvalue weighted by Gasteiger charge is 2.07. The van der Waals surface area contributed by atoms with E-state index in [-0.39, 0.29) is 12.8 Å². The summed E-state index contributed by atoms with van der Waals surface area (Å²) in [4.78, 5) is 20.3. The van der Waals surface area contributed by atoms with E-state index < -0.39 is 11.9 Å². The largest absolute Gasteiger partial charge is 0.481 e. The highest BCUT2D eigenvalue weighted by molar-refractivity contribution is 8.76. The minimum absolute atomic E-state index is 0.211. The third-order valence-electron chi connectivity index (χ3n) is 6.01. The lowest BCUT2D eigenvalue weighted by molar-refractivity contribution is -0.138. The maximum atomic E-state index is 10.1. The summed E-state index contributed by atoms with van der Waals surface area (Å²) in [5.74, 6) is 0.674. The van der Waals surface area contributed by atoms with Crippen molar-refractivity contribution in [3.63, 3.8) is 0 Å². The standard InChI is InChI=1S/C20H42O.C8H14O4S2/c1-3-5-7-9-11-12-14-16-18-20(19-21)17-15-13-10-8-6-4-2;9-7(10)3-1-5-13-14-6-2-4-8(11)12/h20-21H,3-19H2,1-2H3;1-6H2,(H,9,10)(H,11,12). The molecule has 7 heteroatoms. The number of aliphatic carboxylic acids is 2. The molecule has 35 heavy (non-hydrogen) atoms. The maximum Gasteiger partial charge on any atom is 0.303 e. The van der Waals surface area contributed by atoms with Crippen molar-refractivity contribution in [1.82, 2.24) is 0 Å². The van der Waals surface area contributed by atoms with Crippen molar-refractivity contribution < 1.29 is 24.9 Å². The van der Waals surface area contributed by atoms with Crippen LogP contribution in [0.4, 0.5) is 0 Å². The summed E-state index contributed by atoms with van der Waals surface area (Å²) in [7, 11) is 3.21.